The molecule has 1 aliphatic heterocycles. The Balaban J connectivity index is 1.88. The summed E-state index contributed by atoms with van der Waals surface area (Å²) >= 11 is 3.44. The number of pyridine rings is 1. The monoisotopic (exact) mass is 508 g/mol. The lowest BCUT2D eigenvalue weighted by atomic mass is 9.95. The van der Waals surface area contributed by atoms with Gasteiger partial charge >= 0.3 is 0 Å². The minimum Gasteiger partial charge on any atom is -0.872 e. The zero-order valence-corrected chi connectivity index (χ0v) is 19.6. The van der Waals surface area contributed by atoms with Crippen LogP contribution in [0, 0.1) is 0 Å². The summed E-state index contributed by atoms with van der Waals surface area (Å²) in [4.78, 5) is 30.6. The van der Waals surface area contributed by atoms with Crippen molar-refractivity contribution in [3.05, 3.63) is 93.7 Å². The van der Waals surface area contributed by atoms with E-state index in [9.17, 15) is 14.7 Å². The number of hydrogen-bond donors (Lipinski definition) is 0. The summed E-state index contributed by atoms with van der Waals surface area (Å²) < 4.78 is 11.3. The molecule has 1 N–H and O–H groups in total. The zero-order chi connectivity index (χ0) is 23.5. The summed E-state index contributed by atoms with van der Waals surface area (Å²) in [5.74, 6) is -1.23. The fourth-order valence-corrected chi connectivity index (χ4v) is 4.33. The largest absolute Gasteiger partial charge is 0.872 e. The minimum atomic E-state index is -0.830. The highest BCUT2D eigenvalue weighted by Crippen LogP contribution is 2.41. The van der Waals surface area contributed by atoms with Crippen molar-refractivity contribution in [3.63, 3.8) is 0 Å². The van der Waals surface area contributed by atoms with E-state index < -0.39 is 23.5 Å². The number of methoxy groups -OCH3 is 2. The van der Waals surface area contributed by atoms with Gasteiger partial charge in [-0.1, -0.05) is 39.9 Å². The Morgan fingerprint density at radius 2 is 1.85 bits per heavy atom. The second-order valence-electron chi connectivity index (χ2n) is 7.44. The first-order chi connectivity index (χ1) is 15.9. The second-order valence-corrected chi connectivity index (χ2v) is 8.36. The smallest absolute Gasteiger partial charge is 0.295 e. The van der Waals surface area contributed by atoms with Crippen LogP contribution in [0.25, 0.3) is 5.76 Å². The summed E-state index contributed by atoms with van der Waals surface area (Å²) in [7, 11) is 2.96. The fraction of sp³-hybridized carbons (Fsp3) is 0.160. The van der Waals surface area contributed by atoms with Gasteiger partial charge < -0.3 is 19.5 Å². The molecular formula is C25H21BrN2O5. The van der Waals surface area contributed by atoms with Crippen LogP contribution in [0.1, 0.15) is 22.7 Å². The van der Waals surface area contributed by atoms with Crippen molar-refractivity contribution in [2.75, 3.05) is 14.2 Å². The molecule has 1 saturated heterocycles. The number of halogens is 1. The molecule has 168 valence electrons. The first-order valence-corrected chi connectivity index (χ1v) is 10.9. The van der Waals surface area contributed by atoms with Crippen molar-refractivity contribution in [1.82, 2.24) is 4.90 Å². The van der Waals surface area contributed by atoms with Crippen molar-refractivity contribution in [1.29, 1.82) is 0 Å². The van der Waals surface area contributed by atoms with Crippen LogP contribution in [0.3, 0.4) is 0 Å². The molecule has 1 unspecified atom stereocenters. The fourth-order valence-electron chi connectivity index (χ4n) is 3.92. The molecule has 1 atom stereocenters. The number of rotatable bonds is 6. The van der Waals surface area contributed by atoms with Gasteiger partial charge in [0.05, 0.1) is 26.8 Å². The van der Waals surface area contributed by atoms with Crippen LogP contribution in [0.15, 0.2) is 77.0 Å². The molecule has 2 aromatic carbocycles. The van der Waals surface area contributed by atoms with E-state index in [4.69, 9.17) is 9.47 Å². The maximum absolute atomic E-state index is 13.6. The number of carbonyl (C=O) groups excluding carboxylic acids is 2. The lowest BCUT2D eigenvalue weighted by Crippen LogP contribution is -2.29. The van der Waals surface area contributed by atoms with E-state index in [1.807, 2.05) is 24.3 Å². The van der Waals surface area contributed by atoms with Gasteiger partial charge in [0.1, 0.15) is 0 Å². The predicted molar refractivity (Wildman–Crippen MR) is 122 cm³/mol. The van der Waals surface area contributed by atoms with Crippen molar-refractivity contribution < 1.29 is 29.2 Å². The number of aromatic amines is 1. The number of H-pyrrole nitrogens is 1. The summed E-state index contributed by atoms with van der Waals surface area (Å²) in [6.07, 6.45) is 3.51. The van der Waals surface area contributed by atoms with E-state index in [1.165, 1.54) is 25.2 Å². The van der Waals surface area contributed by atoms with E-state index in [0.29, 0.717) is 17.1 Å². The van der Waals surface area contributed by atoms with E-state index in [1.54, 1.807) is 36.7 Å². The van der Waals surface area contributed by atoms with Gasteiger partial charge in [0.2, 0.25) is 5.78 Å². The molecule has 3 aromatic rings. The standard InChI is InChI=1S/C25H21BrN2O5/c1-32-19-9-8-17(12-20(19)33-2)23(29)21-22(16-6-3-7-18(26)11-16)28(25(31)24(21)30)14-15-5-4-10-27-13-15/h3-13,22,29H,14H2,1-2H3. The van der Waals surface area contributed by atoms with E-state index in [0.717, 1.165) is 10.0 Å². The van der Waals surface area contributed by atoms with Gasteiger partial charge in [-0.2, -0.15) is 0 Å². The molecule has 0 radical (unpaired) electrons. The molecule has 1 aliphatic rings. The number of ether oxygens (including phenoxy) is 2. The molecule has 8 heteroatoms. The maximum Gasteiger partial charge on any atom is 0.295 e. The SMILES string of the molecule is COc1ccc(C([O-])=C2C(=O)C(=O)N(Cc3ccc[nH+]c3)C2c2cccc(Br)c2)cc1OC. The van der Waals surface area contributed by atoms with Gasteiger partial charge in [-0.15, -0.1) is 0 Å². The highest BCUT2D eigenvalue weighted by Gasteiger charge is 2.44. The van der Waals surface area contributed by atoms with Crippen LogP contribution in [-0.2, 0) is 16.1 Å². The third kappa shape index (κ3) is 4.34. The van der Waals surface area contributed by atoms with Crippen molar-refractivity contribution in [3.8, 4) is 11.5 Å². The Morgan fingerprint density at radius 3 is 2.52 bits per heavy atom. The van der Waals surface area contributed by atoms with E-state index >= 15 is 0 Å². The van der Waals surface area contributed by atoms with Crippen LogP contribution in [0.5, 0.6) is 11.5 Å². The van der Waals surface area contributed by atoms with Crippen LogP contribution in [-0.4, -0.2) is 30.8 Å². The van der Waals surface area contributed by atoms with Crippen molar-refractivity contribution in [2.24, 2.45) is 0 Å². The summed E-state index contributed by atoms with van der Waals surface area (Å²) in [5, 5.41) is 13.6. The van der Waals surface area contributed by atoms with Gasteiger partial charge in [0.15, 0.2) is 23.9 Å². The van der Waals surface area contributed by atoms with E-state index in [-0.39, 0.29) is 17.7 Å². The quantitative estimate of drug-likeness (QED) is 0.290. The van der Waals surface area contributed by atoms with Gasteiger partial charge in [-0.3, -0.25) is 9.59 Å². The number of benzene rings is 2. The number of nitrogens with zero attached hydrogens (tertiary/aromatic N) is 1. The maximum atomic E-state index is 13.6. The number of hydrogen-bond acceptors (Lipinski definition) is 5. The minimum absolute atomic E-state index is 0.0924. The molecule has 0 aliphatic carbocycles. The van der Waals surface area contributed by atoms with E-state index in [2.05, 4.69) is 20.9 Å². The van der Waals surface area contributed by atoms with Gasteiger partial charge in [0, 0.05) is 21.7 Å². The number of amides is 1. The highest BCUT2D eigenvalue weighted by atomic mass is 79.9. The van der Waals surface area contributed by atoms with Crippen LogP contribution < -0.4 is 19.6 Å². The van der Waals surface area contributed by atoms with Gasteiger partial charge in [0.25, 0.3) is 5.91 Å². The predicted octanol–water partition coefficient (Wildman–Crippen LogP) is 2.70. The Kier molecular flexibility index (Phi) is 6.46. The third-order valence-electron chi connectivity index (χ3n) is 5.46. The first kappa shape index (κ1) is 22.5. The van der Waals surface area contributed by atoms with Gasteiger partial charge in [-0.25, -0.2) is 4.98 Å². The molecule has 1 amide bonds. The molecular weight excluding hydrogens is 488 g/mol. The average Bonchev–Trinajstić information content (AvgIpc) is 3.08. The van der Waals surface area contributed by atoms with Crippen molar-refractivity contribution in [2.45, 2.75) is 12.6 Å². The van der Waals surface area contributed by atoms with Gasteiger partial charge in [-0.05, 0) is 41.5 Å². The second kappa shape index (κ2) is 9.46. The topological polar surface area (TPSA) is 93.0 Å². The summed E-state index contributed by atoms with van der Waals surface area (Å²) in [5.41, 5.74) is 1.61. The van der Waals surface area contributed by atoms with Crippen LogP contribution in [0.2, 0.25) is 0 Å². The number of ketones is 1. The zero-order valence-electron chi connectivity index (χ0n) is 18.0. The van der Waals surface area contributed by atoms with Crippen molar-refractivity contribution >= 4 is 33.4 Å². The molecule has 4 rings (SSSR count). The Labute approximate surface area is 199 Å². The molecule has 0 spiro atoms. The Morgan fingerprint density at radius 1 is 1.06 bits per heavy atom. The summed E-state index contributed by atoms with van der Waals surface area (Å²) in [6, 6.07) is 14.7. The van der Waals surface area contributed by atoms with Crippen LogP contribution >= 0.6 is 15.9 Å². The molecule has 7 nitrogen and oxygen atoms in total. The number of carbonyl (C=O) groups is 2. The number of Topliss-reactive ketones (excluding diaryl/α,β-unsaturated/α-hetero) is 1. The average molecular weight is 509 g/mol. The third-order valence-corrected chi connectivity index (χ3v) is 5.96. The number of nitrogens with one attached hydrogen (secondary N) is 1. The molecule has 1 fully saturated rings. The number of aromatic nitrogens is 1. The number of likely N-dealkylation sites (tertiary alicyclic amines) is 1. The lowest BCUT2D eigenvalue weighted by molar-refractivity contribution is -0.378. The highest BCUT2D eigenvalue weighted by molar-refractivity contribution is 9.10. The normalized spacial score (nSPS) is 17.3. The molecule has 0 bridgehead atoms. The molecule has 2 heterocycles. The Bertz CT molecular complexity index is 1240. The first-order valence-electron chi connectivity index (χ1n) is 10.1. The summed E-state index contributed by atoms with van der Waals surface area (Å²) in [6.45, 7) is 0.168. The molecule has 0 saturated carbocycles. The molecule has 33 heavy (non-hydrogen) atoms. The molecule has 1 aromatic heterocycles. The Hall–Kier alpha value is -3.65. The lowest BCUT2D eigenvalue weighted by Gasteiger charge is -2.27. The van der Waals surface area contributed by atoms with Crippen LogP contribution in [0.4, 0.5) is 0 Å².